The molecule has 0 atom stereocenters. The van der Waals surface area contributed by atoms with Gasteiger partial charge in [0, 0.05) is 11.1 Å². The number of halogens is 4. The number of hydrogen-bond donors (Lipinski definition) is 1. The number of amides is 1. The lowest BCUT2D eigenvalue weighted by atomic mass is 9.93. The minimum absolute atomic E-state index is 0.160. The van der Waals surface area contributed by atoms with Crippen LogP contribution in [-0.4, -0.2) is 5.91 Å². The van der Waals surface area contributed by atoms with Crippen molar-refractivity contribution in [2.24, 2.45) is 5.73 Å². The van der Waals surface area contributed by atoms with Crippen LogP contribution in [0.1, 0.15) is 21.5 Å². The molecule has 0 aromatic heterocycles. The van der Waals surface area contributed by atoms with Crippen molar-refractivity contribution in [1.29, 1.82) is 0 Å². The lowest BCUT2D eigenvalue weighted by molar-refractivity contribution is 0.0999. The van der Waals surface area contributed by atoms with E-state index >= 15 is 0 Å². The molecule has 2 rings (SSSR count). The molecule has 0 radical (unpaired) electrons. The largest absolute Gasteiger partial charge is 0.366 e. The molecule has 0 aliphatic heterocycles. The summed E-state index contributed by atoms with van der Waals surface area (Å²) < 4.78 is 53.4. The molecule has 6 heteroatoms. The number of benzene rings is 2. The van der Waals surface area contributed by atoms with Crippen LogP contribution < -0.4 is 5.73 Å². The Kier molecular flexibility index (Phi) is 3.72. The molecule has 0 spiro atoms. The Morgan fingerprint density at radius 3 is 2.10 bits per heavy atom. The van der Waals surface area contributed by atoms with Crippen LogP contribution in [0, 0.1) is 37.1 Å². The van der Waals surface area contributed by atoms with Gasteiger partial charge in [-0.1, -0.05) is 6.07 Å². The predicted molar refractivity (Wildman–Crippen MR) is 69.7 cm³/mol. The van der Waals surface area contributed by atoms with Crippen molar-refractivity contribution in [3.8, 4) is 11.1 Å². The van der Waals surface area contributed by atoms with Crippen molar-refractivity contribution in [2.75, 3.05) is 0 Å². The van der Waals surface area contributed by atoms with Gasteiger partial charge in [-0.05, 0) is 42.7 Å². The Morgan fingerprint density at radius 2 is 1.52 bits per heavy atom. The Labute approximate surface area is 118 Å². The zero-order valence-corrected chi connectivity index (χ0v) is 11.2. The average Bonchev–Trinajstić information content (AvgIpc) is 2.43. The minimum Gasteiger partial charge on any atom is -0.366 e. The van der Waals surface area contributed by atoms with Crippen LogP contribution in [-0.2, 0) is 0 Å². The first-order valence-corrected chi connectivity index (χ1v) is 5.99. The first-order valence-electron chi connectivity index (χ1n) is 5.99. The Morgan fingerprint density at radius 1 is 0.905 bits per heavy atom. The Balaban J connectivity index is 2.75. The third kappa shape index (κ3) is 2.37. The zero-order valence-electron chi connectivity index (χ0n) is 11.2. The summed E-state index contributed by atoms with van der Waals surface area (Å²) in [7, 11) is 0. The Bertz CT molecular complexity index is 756. The van der Waals surface area contributed by atoms with Crippen LogP contribution >= 0.6 is 0 Å². The van der Waals surface area contributed by atoms with Gasteiger partial charge in [-0.15, -0.1) is 0 Å². The second-order valence-electron chi connectivity index (χ2n) is 4.62. The summed E-state index contributed by atoms with van der Waals surface area (Å²) in [4.78, 5) is 11.2. The molecule has 2 N–H and O–H groups in total. The second kappa shape index (κ2) is 5.20. The zero-order chi connectivity index (χ0) is 15.9. The quantitative estimate of drug-likeness (QED) is 0.513. The van der Waals surface area contributed by atoms with Crippen molar-refractivity contribution in [2.45, 2.75) is 13.8 Å². The van der Waals surface area contributed by atoms with Crippen molar-refractivity contribution in [3.05, 3.63) is 58.2 Å². The van der Waals surface area contributed by atoms with Gasteiger partial charge in [0.15, 0.2) is 23.3 Å². The number of hydrogen-bond acceptors (Lipinski definition) is 1. The van der Waals surface area contributed by atoms with Crippen molar-refractivity contribution >= 4 is 5.91 Å². The number of rotatable bonds is 2. The van der Waals surface area contributed by atoms with Gasteiger partial charge in [0.1, 0.15) is 0 Å². The molecule has 1 amide bonds. The fourth-order valence-electron chi connectivity index (χ4n) is 2.15. The monoisotopic (exact) mass is 297 g/mol. The van der Waals surface area contributed by atoms with Crippen LogP contribution in [0.3, 0.4) is 0 Å². The summed E-state index contributed by atoms with van der Waals surface area (Å²) in [6.45, 7) is 3.13. The van der Waals surface area contributed by atoms with Crippen LogP contribution in [0.2, 0.25) is 0 Å². The SMILES string of the molecule is Cc1c(C(N)=O)ccc(-c2cc(F)c(F)c(F)c2F)c1C. The molecule has 0 aliphatic carbocycles. The van der Waals surface area contributed by atoms with Crippen LogP contribution in [0.4, 0.5) is 17.6 Å². The first kappa shape index (κ1) is 15.0. The number of nitrogens with two attached hydrogens (primary N) is 1. The van der Waals surface area contributed by atoms with E-state index in [4.69, 9.17) is 5.73 Å². The molecule has 110 valence electrons. The van der Waals surface area contributed by atoms with Crippen LogP contribution in [0.5, 0.6) is 0 Å². The van der Waals surface area contributed by atoms with E-state index in [-0.39, 0.29) is 11.1 Å². The molecule has 0 fully saturated rings. The van der Waals surface area contributed by atoms with Gasteiger partial charge in [0.05, 0.1) is 0 Å². The molecule has 0 saturated carbocycles. The summed E-state index contributed by atoms with van der Waals surface area (Å²) in [6, 6.07) is 3.23. The average molecular weight is 297 g/mol. The predicted octanol–water partition coefficient (Wildman–Crippen LogP) is 3.63. The normalized spacial score (nSPS) is 10.8. The number of carbonyl (C=O) groups excluding carboxylic acids is 1. The smallest absolute Gasteiger partial charge is 0.248 e. The van der Waals surface area contributed by atoms with Crippen LogP contribution in [0.25, 0.3) is 11.1 Å². The van der Waals surface area contributed by atoms with E-state index in [1.807, 2.05) is 0 Å². The highest BCUT2D eigenvalue weighted by Crippen LogP contribution is 2.32. The van der Waals surface area contributed by atoms with Gasteiger partial charge in [-0.2, -0.15) is 0 Å². The van der Waals surface area contributed by atoms with E-state index in [1.165, 1.54) is 12.1 Å². The summed E-state index contributed by atoms with van der Waals surface area (Å²) in [5.74, 6) is -7.37. The fraction of sp³-hybridized carbons (Fsp3) is 0.133. The lowest BCUT2D eigenvalue weighted by Crippen LogP contribution is -2.13. The molecule has 0 heterocycles. The molecule has 0 bridgehead atoms. The van der Waals surface area contributed by atoms with Gasteiger partial charge in [-0.25, -0.2) is 17.6 Å². The molecular formula is C15H11F4NO. The molecule has 2 aromatic carbocycles. The van der Waals surface area contributed by atoms with E-state index in [0.717, 1.165) is 0 Å². The topological polar surface area (TPSA) is 43.1 Å². The molecular weight excluding hydrogens is 286 g/mol. The molecule has 2 nitrogen and oxygen atoms in total. The van der Waals surface area contributed by atoms with Gasteiger partial charge < -0.3 is 5.73 Å². The number of carbonyl (C=O) groups is 1. The van der Waals surface area contributed by atoms with Gasteiger partial charge in [-0.3, -0.25) is 4.79 Å². The third-order valence-electron chi connectivity index (χ3n) is 3.45. The molecule has 2 aromatic rings. The van der Waals surface area contributed by atoms with Crippen molar-refractivity contribution in [1.82, 2.24) is 0 Å². The fourth-order valence-corrected chi connectivity index (χ4v) is 2.15. The standard InChI is InChI=1S/C15H11F4NO/c1-6-7(2)9(15(20)21)4-3-8(6)10-5-11(16)13(18)14(19)12(10)17/h3-5H,1-2H3,(H2,20,21). The maximum Gasteiger partial charge on any atom is 0.248 e. The second-order valence-corrected chi connectivity index (χ2v) is 4.62. The molecule has 0 aliphatic rings. The first-order chi connectivity index (χ1) is 9.75. The highest BCUT2D eigenvalue weighted by Gasteiger charge is 2.21. The van der Waals surface area contributed by atoms with E-state index in [0.29, 0.717) is 17.2 Å². The highest BCUT2D eigenvalue weighted by atomic mass is 19.2. The molecule has 21 heavy (non-hydrogen) atoms. The Hall–Kier alpha value is -2.37. The van der Waals surface area contributed by atoms with E-state index in [1.54, 1.807) is 13.8 Å². The summed E-state index contributed by atoms with van der Waals surface area (Å²) >= 11 is 0. The van der Waals surface area contributed by atoms with Crippen molar-refractivity contribution in [3.63, 3.8) is 0 Å². The van der Waals surface area contributed by atoms with Gasteiger partial charge in [0.2, 0.25) is 5.91 Å². The maximum absolute atomic E-state index is 13.8. The third-order valence-corrected chi connectivity index (χ3v) is 3.45. The van der Waals surface area contributed by atoms with Gasteiger partial charge in [0.25, 0.3) is 0 Å². The highest BCUT2D eigenvalue weighted by molar-refractivity contribution is 5.95. The number of primary amides is 1. The van der Waals surface area contributed by atoms with E-state index in [9.17, 15) is 22.4 Å². The van der Waals surface area contributed by atoms with E-state index in [2.05, 4.69) is 0 Å². The summed E-state index contributed by atoms with van der Waals surface area (Å²) in [5.41, 5.74) is 6.04. The maximum atomic E-state index is 13.8. The van der Waals surface area contributed by atoms with Gasteiger partial charge >= 0.3 is 0 Å². The lowest BCUT2D eigenvalue weighted by Gasteiger charge is -2.13. The minimum atomic E-state index is -1.87. The summed E-state index contributed by atoms with van der Waals surface area (Å²) in [6.07, 6.45) is 0. The molecule has 0 unspecified atom stereocenters. The van der Waals surface area contributed by atoms with Crippen molar-refractivity contribution < 1.29 is 22.4 Å². The van der Waals surface area contributed by atoms with E-state index < -0.39 is 34.7 Å². The summed E-state index contributed by atoms with van der Waals surface area (Å²) in [5, 5.41) is 0. The molecule has 0 saturated heterocycles. The van der Waals surface area contributed by atoms with Crippen LogP contribution in [0.15, 0.2) is 18.2 Å².